The standard InChI is InChI=1S/C26H37N5O6/c1-16(2)13-30(23-24(27)31(14-17(3)4)26(35)28-25(23)34)22(33)15-29(5)21(32)11-9-18-8-10-19(36-6)20(12-18)37-7/h8-12,16-17H,13-15,27H2,1-7H3,(H,28,34,35)/b11-9+. The van der Waals surface area contributed by atoms with Crippen LogP contribution in [0.2, 0.25) is 0 Å². The molecule has 202 valence electrons. The van der Waals surface area contributed by atoms with Crippen LogP contribution in [0.5, 0.6) is 11.5 Å². The van der Waals surface area contributed by atoms with Gasteiger partial charge in [0.2, 0.25) is 11.8 Å². The molecule has 0 aliphatic carbocycles. The van der Waals surface area contributed by atoms with Crippen molar-refractivity contribution in [2.24, 2.45) is 11.8 Å². The van der Waals surface area contributed by atoms with E-state index in [-0.39, 0.29) is 43.0 Å². The Balaban J connectivity index is 2.30. The number of anilines is 2. The minimum absolute atomic E-state index is 0.0146. The van der Waals surface area contributed by atoms with Gasteiger partial charge in [0, 0.05) is 26.2 Å². The second kappa shape index (κ2) is 12.8. The van der Waals surface area contributed by atoms with Gasteiger partial charge in [-0.2, -0.15) is 0 Å². The van der Waals surface area contributed by atoms with Crippen molar-refractivity contribution >= 4 is 29.4 Å². The zero-order chi connectivity index (χ0) is 27.9. The summed E-state index contributed by atoms with van der Waals surface area (Å²) in [4.78, 5) is 55.9. The number of nitrogen functional groups attached to an aromatic ring is 1. The highest BCUT2D eigenvalue weighted by molar-refractivity contribution is 6.00. The van der Waals surface area contributed by atoms with Crippen LogP contribution in [0.4, 0.5) is 11.5 Å². The molecule has 0 saturated heterocycles. The maximum Gasteiger partial charge on any atom is 0.330 e. The summed E-state index contributed by atoms with van der Waals surface area (Å²) >= 11 is 0. The molecule has 0 radical (unpaired) electrons. The number of hydrogen-bond acceptors (Lipinski definition) is 7. The van der Waals surface area contributed by atoms with E-state index in [0.717, 1.165) is 0 Å². The maximum atomic E-state index is 13.3. The van der Waals surface area contributed by atoms with Gasteiger partial charge in [0.15, 0.2) is 17.2 Å². The summed E-state index contributed by atoms with van der Waals surface area (Å²) in [5.41, 5.74) is 5.46. The average molecular weight is 516 g/mol. The number of hydrogen-bond donors (Lipinski definition) is 2. The van der Waals surface area contributed by atoms with Crippen LogP contribution in [0.25, 0.3) is 6.08 Å². The summed E-state index contributed by atoms with van der Waals surface area (Å²) in [5, 5.41) is 0. The fraction of sp³-hybridized carbons (Fsp3) is 0.462. The van der Waals surface area contributed by atoms with Crippen LogP contribution in [0, 0.1) is 11.8 Å². The summed E-state index contributed by atoms with van der Waals surface area (Å²) in [6.45, 7) is 7.73. The van der Waals surface area contributed by atoms with Gasteiger partial charge in [-0.3, -0.25) is 23.9 Å². The number of carbonyl (C=O) groups is 2. The van der Waals surface area contributed by atoms with Crippen LogP contribution in [0.15, 0.2) is 33.9 Å². The van der Waals surface area contributed by atoms with E-state index in [9.17, 15) is 19.2 Å². The Morgan fingerprint density at radius 2 is 1.73 bits per heavy atom. The fourth-order valence-corrected chi connectivity index (χ4v) is 3.68. The van der Waals surface area contributed by atoms with E-state index >= 15 is 0 Å². The molecular formula is C26H37N5O6. The zero-order valence-electron chi connectivity index (χ0n) is 22.5. The van der Waals surface area contributed by atoms with E-state index < -0.39 is 23.1 Å². The number of amides is 2. The zero-order valence-corrected chi connectivity index (χ0v) is 22.5. The van der Waals surface area contributed by atoms with Gasteiger partial charge < -0.3 is 25.0 Å². The topological polar surface area (TPSA) is 140 Å². The molecule has 0 aliphatic heterocycles. The monoisotopic (exact) mass is 515 g/mol. The number of nitrogens with two attached hydrogens (primary N) is 1. The molecule has 0 spiro atoms. The summed E-state index contributed by atoms with van der Waals surface area (Å²) in [6.07, 6.45) is 2.94. The smallest absolute Gasteiger partial charge is 0.330 e. The largest absolute Gasteiger partial charge is 0.493 e. The number of rotatable bonds is 11. The van der Waals surface area contributed by atoms with Crippen molar-refractivity contribution in [2.45, 2.75) is 34.2 Å². The Hall–Kier alpha value is -4.02. The first-order valence-corrected chi connectivity index (χ1v) is 12.0. The minimum atomic E-state index is -0.751. The molecule has 2 rings (SSSR count). The number of methoxy groups -OCH3 is 2. The van der Waals surface area contributed by atoms with Gasteiger partial charge in [0.05, 0.1) is 14.2 Å². The van der Waals surface area contributed by atoms with Gasteiger partial charge in [0.25, 0.3) is 5.56 Å². The van der Waals surface area contributed by atoms with Gasteiger partial charge in [-0.05, 0) is 35.6 Å². The highest BCUT2D eigenvalue weighted by Gasteiger charge is 2.26. The van der Waals surface area contributed by atoms with Crippen molar-refractivity contribution in [3.63, 3.8) is 0 Å². The number of nitrogens with one attached hydrogen (secondary N) is 1. The Bertz CT molecular complexity index is 1260. The molecule has 1 aromatic carbocycles. The third-order valence-corrected chi connectivity index (χ3v) is 5.46. The predicted molar refractivity (Wildman–Crippen MR) is 144 cm³/mol. The van der Waals surface area contributed by atoms with E-state index in [0.29, 0.717) is 17.1 Å². The van der Waals surface area contributed by atoms with Crippen molar-refractivity contribution in [1.82, 2.24) is 14.5 Å². The Morgan fingerprint density at radius 3 is 2.30 bits per heavy atom. The normalized spacial score (nSPS) is 11.3. The van der Waals surface area contributed by atoms with E-state index in [1.807, 2.05) is 27.7 Å². The SMILES string of the molecule is COc1ccc(/C=C/C(=O)N(C)CC(=O)N(CC(C)C)c2c(N)n(CC(C)C)c(=O)[nH]c2=O)cc1OC. The Morgan fingerprint density at radius 1 is 1.08 bits per heavy atom. The number of likely N-dealkylation sites (N-methyl/N-ethyl adjacent to an activating group) is 1. The molecule has 0 atom stereocenters. The van der Waals surface area contributed by atoms with Gasteiger partial charge in [-0.1, -0.05) is 33.8 Å². The summed E-state index contributed by atoms with van der Waals surface area (Å²) < 4.78 is 11.7. The quantitative estimate of drug-likeness (QED) is 0.436. The van der Waals surface area contributed by atoms with Crippen molar-refractivity contribution in [3.8, 4) is 11.5 Å². The van der Waals surface area contributed by atoms with Crippen molar-refractivity contribution in [2.75, 3.05) is 45.0 Å². The number of carbonyl (C=O) groups excluding carboxylic acids is 2. The lowest BCUT2D eigenvalue weighted by Crippen LogP contribution is -2.46. The molecule has 2 aromatic rings. The fourth-order valence-electron chi connectivity index (χ4n) is 3.68. The molecule has 1 heterocycles. The number of ether oxygens (including phenoxy) is 2. The van der Waals surface area contributed by atoms with E-state index in [2.05, 4.69) is 4.98 Å². The molecule has 37 heavy (non-hydrogen) atoms. The lowest BCUT2D eigenvalue weighted by molar-refractivity contribution is -0.130. The highest BCUT2D eigenvalue weighted by atomic mass is 16.5. The molecule has 11 heteroatoms. The third kappa shape index (κ3) is 7.48. The molecule has 0 fully saturated rings. The molecule has 0 bridgehead atoms. The number of H-pyrrole nitrogens is 1. The number of nitrogens with zero attached hydrogens (tertiary/aromatic N) is 3. The maximum absolute atomic E-state index is 13.3. The average Bonchev–Trinajstić information content (AvgIpc) is 2.83. The Labute approximate surface area is 216 Å². The van der Waals surface area contributed by atoms with Crippen LogP contribution >= 0.6 is 0 Å². The highest BCUT2D eigenvalue weighted by Crippen LogP contribution is 2.28. The van der Waals surface area contributed by atoms with E-state index in [1.165, 1.54) is 41.7 Å². The summed E-state index contributed by atoms with van der Waals surface area (Å²) in [5.74, 6) is 0.141. The van der Waals surface area contributed by atoms with E-state index in [4.69, 9.17) is 15.2 Å². The summed E-state index contributed by atoms with van der Waals surface area (Å²) in [6, 6.07) is 5.21. The Kier molecular flexibility index (Phi) is 10.1. The molecule has 0 saturated carbocycles. The first-order chi connectivity index (χ1) is 17.4. The van der Waals surface area contributed by atoms with Crippen molar-refractivity contribution < 1.29 is 19.1 Å². The molecular weight excluding hydrogens is 478 g/mol. The minimum Gasteiger partial charge on any atom is -0.493 e. The molecule has 0 unspecified atom stereocenters. The van der Waals surface area contributed by atoms with Crippen LogP contribution in [-0.2, 0) is 16.1 Å². The molecule has 3 N–H and O–H groups in total. The van der Waals surface area contributed by atoms with Gasteiger partial charge in [0.1, 0.15) is 12.4 Å². The van der Waals surface area contributed by atoms with Gasteiger partial charge in [-0.25, -0.2) is 4.79 Å². The van der Waals surface area contributed by atoms with Crippen molar-refractivity contribution in [3.05, 3.63) is 50.7 Å². The van der Waals surface area contributed by atoms with E-state index in [1.54, 1.807) is 24.3 Å². The van der Waals surface area contributed by atoms with Gasteiger partial charge >= 0.3 is 5.69 Å². The second-order valence-electron chi connectivity index (χ2n) is 9.54. The molecule has 2 amide bonds. The lowest BCUT2D eigenvalue weighted by Gasteiger charge is -2.28. The number of benzene rings is 1. The van der Waals surface area contributed by atoms with Gasteiger partial charge in [-0.15, -0.1) is 0 Å². The van der Waals surface area contributed by atoms with Crippen molar-refractivity contribution in [1.29, 1.82) is 0 Å². The first-order valence-electron chi connectivity index (χ1n) is 12.0. The van der Waals surface area contributed by atoms with Crippen LogP contribution in [-0.4, -0.2) is 60.6 Å². The van der Waals surface area contributed by atoms with Crippen LogP contribution in [0.3, 0.4) is 0 Å². The molecule has 1 aromatic heterocycles. The third-order valence-electron chi connectivity index (χ3n) is 5.46. The molecule has 11 nitrogen and oxygen atoms in total. The number of aromatic nitrogens is 2. The molecule has 0 aliphatic rings. The number of aromatic amines is 1. The predicted octanol–water partition coefficient (Wildman–Crippen LogP) is 1.95. The lowest BCUT2D eigenvalue weighted by atomic mass is 10.1. The first kappa shape index (κ1) is 29.2. The summed E-state index contributed by atoms with van der Waals surface area (Å²) in [7, 11) is 4.54. The second-order valence-corrected chi connectivity index (χ2v) is 9.54. The van der Waals surface area contributed by atoms with Crippen LogP contribution in [0.1, 0.15) is 33.3 Å². The van der Waals surface area contributed by atoms with Crippen LogP contribution < -0.4 is 31.4 Å².